The van der Waals surface area contributed by atoms with Crippen LogP contribution in [0.3, 0.4) is 0 Å². The van der Waals surface area contributed by atoms with E-state index in [0.29, 0.717) is 28.3 Å². The van der Waals surface area contributed by atoms with Crippen LogP contribution in [0.2, 0.25) is 0 Å². The van der Waals surface area contributed by atoms with Gasteiger partial charge >= 0.3 is 0 Å². The molecule has 0 bridgehead atoms. The first kappa shape index (κ1) is 25.2. The van der Waals surface area contributed by atoms with E-state index in [9.17, 15) is 14.4 Å². The van der Waals surface area contributed by atoms with Crippen molar-refractivity contribution in [3.63, 3.8) is 0 Å². The molecule has 2 N–H and O–H groups in total. The Hall–Kier alpha value is -4.85. The van der Waals surface area contributed by atoms with Crippen LogP contribution in [-0.2, 0) is 11.8 Å². The average Bonchev–Trinajstić information content (AvgIpc) is 3.12. The molecule has 0 aliphatic heterocycles. The number of carbonyl (C=O) groups is 2. The number of methoxy groups -OCH3 is 1. The number of hydrogen-bond acceptors (Lipinski definition) is 4. The summed E-state index contributed by atoms with van der Waals surface area (Å²) in [5.41, 5.74) is 3.05. The third-order valence-corrected chi connectivity index (χ3v) is 6.03. The second-order valence-corrected chi connectivity index (χ2v) is 8.54. The summed E-state index contributed by atoms with van der Waals surface area (Å²) in [5.74, 6) is -0.406. The summed E-state index contributed by atoms with van der Waals surface area (Å²) in [4.78, 5) is 39.7. The number of carbonyl (C=O) groups excluding carboxylic acids is 2. The largest absolute Gasteiger partial charge is 0.497 e. The van der Waals surface area contributed by atoms with Gasteiger partial charge in [0.25, 0.3) is 17.4 Å². The summed E-state index contributed by atoms with van der Waals surface area (Å²) in [6.07, 6.45) is 1.55. The van der Waals surface area contributed by atoms with Crippen molar-refractivity contribution >= 4 is 23.6 Å². The van der Waals surface area contributed by atoms with Gasteiger partial charge in [0.15, 0.2) is 0 Å². The van der Waals surface area contributed by atoms with E-state index < -0.39 is 11.8 Å². The molecule has 188 valence electrons. The van der Waals surface area contributed by atoms with Crippen molar-refractivity contribution in [2.45, 2.75) is 13.8 Å². The van der Waals surface area contributed by atoms with Gasteiger partial charge in [0.2, 0.25) is 0 Å². The summed E-state index contributed by atoms with van der Waals surface area (Å²) in [6.45, 7) is 3.67. The normalized spacial score (nSPS) is 11.2. The van der Waals surface area contributed by atoms with Gasteiger partial charge in [0.05, 0.1) is 18.5 Å². The second-order valence-electron chi connectivity index (χ2n) is 8.54. The van der Waals surface area contributed by atoms with E-state index in [-0.39, 0.29) is 16.9 Å². The lowest BCUT2D eigenvalue weighted by Crippen LogP contribution is -2.32. The standard InChI is InChI=1S/C29H28N4O4/c1-19-10-14-22(15-11-19)27(34)30-25(18-21-12-16-24(37-4)17-13-21)28(35)31-26-20(2)32(3)33(29(26)36)23-8-6-5-7-9-23/h5-18H,1-4H3,(H,30,34)(H,31,35)/b25-18+. The topological polar surface area (TPSA) is 94.4 Å². The van der Waals surface area contributed by atoms with Crippen LogP contribution < -0.4 is 20.9 Å². The SMILES string of the molecule is COc1ccc(/C=C(/NC(=O)c2ccc(C)cc2)C(=O)Nc2c(C)n(C)n(-c3ccccc3)c2=O)cc1. The van der Waals surface area contributed by atoms with Crippen molar-refractivity contribution in [2.75, 3.05) is 12.4 Å². The molecular formula is C29H28N4O4. The number of amides is 2. The van der Waals surface area contributed by atoms with Crippen LogP contribution in [0.1, 0.15) is 27.2 Å². The number of aromatic nitrogens is 2. The fourth-order valence-electron chi connectivity index (χ4n) is 3.82. The molecular weight excluding hydrogens is 468 g/mol. The first-order valence-corrected chi connectivity index (χ1v) is 11.7. The summed E-state index contributed by atoms with van der Waals surface area (Å²) in [5, 5.41) is 5.42. The van der Waals surface area contributed by atoms with Gasteiger partial charge in [-0.25, -0.2) is 4.68 Å². The quantitative estimate of drug-likeness (QED) is 0.375. The number of rotatable bonds is 7. The lowest BCUT2D eigenvalue weighted by Gasteiger charge is -2.11. The van der Waals surface area contributed by atoms with Crippen molar-refractivity contribution in [3.05, 3.63) is 117 Å². The zero-order valence-electron chi connectivity index (χ0n) is 21.1. The molecule has 0 atom stereocenters. The predicted molar refractivity (Wildman–Crippen MR) is 144 cm³/mol. The minimum absolute atomic E-state index is 0.00958. The number of anilines is 1. The van der Waals surface area contributed by atoms with Crippen LogP contribution in [0.25, 0.3) is 11.8 Å². The molecule has 8 nitrogen and oxygen atoms in total. The molecule has 4 rings (SSSR count). The van der Waals surface area contributed by atoms with Gasteiger partial charge in [-0.2, -0.15) is 0 Å². The number of benzene rings is 3. The Morgan fingerprint density at radius 1 is 0.892 bits per heavy atom. The highest BCUT2D eigenvalue weighted by molar-refractivity contribution is 6.10. The maximum absolute atomic E-state index is 13.4. The number of nitrogens with one attached hydrogen (secondary N) is 2. The fourth-order valence-corrected chi connectivity index (χ4v) is 3.82. The van der Waals surface area contributed by atoms with E-state index >= 15 is 0 Å². The maximum atomic E-state index is 13.4. The van der Waals surface area contributed by atoms with Crippen LogP contribution in [0.5, 0.6) is 5.75 Å². The van der Waals surface area contributed by atoms with Crippen LogP contribution in [-0.4, -0.2) is 28.3 Å². The minimum atomic E-state index is -0.623. The van der Waals surface area contributed by atoms with Gasteiger partial charge in [0.1, 0.15) is 17.1 Å². The highest BCUT2D eigenvalue weighted by atomic mass is 16.5. The Morgan fingerprint density at radius 3 is 2.16 bits per heavy atom. The molecule has 0 aliphatic rings. The Bertz CT molecular complexity index is 1510. The van der Waals surface area contributed by atoms with E-state index in [1.165, 1.54) is 4.68 Å². The van der Waals surface area contributed by atoms with Gasteiger partial charge in [-0.3, -0.25) is 19.1 Å². The highest BCUT2D eigenvalue weighted by Crippen LogP contribution is 2.17. The number of aryl methyl sites for hydroxylation is 1. The minimum Gasteiger partial charge on any atom is -0.497 e. The molecule has 2 amide bonds. The van der Waals surface area contributed by atoms with Crippen molar-refractivity contribution in [3.8, 4) is 11.4 Å². The van der Waals surface area contributed by atoms with Gasteiger partial charge in [-0.1, -0.05) is 48.0 Å². The van der Waals surface area contributed by atoms with Gasteiger partial charge < -0.3 is 15.4 Å². The molecule has 0 radical (unpaired) electrons. The zero-order valence-corrected chi connectivity index (χ0v) is 21.1. The molecule has 0 saturated carbocycles. The number of para-hydroxylation sites is 1. The molecule has 1 aromatic heterocycles. The zero-order chi connectivity index (χ0) is 26.5. The maximum Gasteiger partial charge on any atom is 0.295 e. The van der Waals surface area contributed by atoms with E-state index in [2.05, 4.69) is 10.6 Å². The fraction of sp³-hybridized carbons (Fsp3) is 0.138. The summed E-state index contributed by atoms with van der Waals surface area (Å²) < 4.78 is 8.35. The van der Waals surface area contributed by atoms with Crippen molar-refractivity contribution in [1.82, 2.24) is 14.7 Å². The lowest BCUT2D eigenvalue weighted by atomic mass is 10.1. The Labute approximate surface area is 214 Å². The third-order valence-electron chi connectivity index (χ3n) is 6.03. The monoisotopic (exact) mass is 496 g/mol. The van der Waals surface area contributed by atoms with Crippen LogP contribution in [0.15, 0.2) is 89.4 Å². The summed E-state index contributed by atoms with van der Waals surface area (Å²) in [7, 11) is 3.31. The van der Waals surface area contributed by atoms with E-state index in [1.807, 2.05) is 49.4 Å². The number of ether oxygens (including phenoxy) is 1. The molecule has 8 heteroatoms. The number of hydrogen-bond donors (Lipinski definition) is 2. The third kappa shape index (κ3) is 5.54. The molecule has 4 aromatic rings. The van der Waals surface area contributed by atoms with Crippen molar-refractivity contribution < 1.29 is 14.3 Å². The molecule has 3 aromatic carbocycles. The smallest absolute Gasteiger partial charge is 0.295 e. The Kier molecular flexibility index (Phi) is 7.39. The molecule has 0 saturated heterocycles. The first-order chi connectivity index (χ1) is 17.8. The lowest BCUT2D eigenvalue weighted by molar-refractivity contribution is -0.113. The molecule has 0 aliphatic carbocycles. The van der Waals surface area contributed by atoms with E-state index in [4.69, 9.17) is 4.74 Å². The Morgan fingerprint density at radius 2 is 1.54 bits per heavy atom. The van der Waals surface area contributed by atoms with Gasteiger partial charge in [-0.15, -0.1) is 0 Å². The van der Waals surface area contributed by atoms with Crippen LogP contribution >= 0.6 is 0 Å². The van der Waals surface area contributed by atoms with Crippen LogP contribution in [0, 0.1) is 13.8 Å². The molecule has 37 heavy (non-hydrogen) atoms. The van der Waals surface area contributed by atoms with Gasteiger partial charge in [0, 0.05) is 12.6 Å². The molecule has 0 fully saturated rings. The molecule has 0 spiro atoms. The van der Waals surface area contributed by atoms with E-state index in [1.54, 1.807) is 68.2 Å². The Balaban J connectivity index is 1.69. The van der Waals surface area contributed by atoms with Crippen molar-refractivity contribution in [2.24, 2.45) is 7.05 Å². The predicted octanol–water partition coefficient (Wildman–Crippen LogP) is 4.21. The second kappa shape index (κ2) is 10.8. The van der Waals surface area contributed by atoms with Crippen molar-refractivity contribution in [1.29, 1.82) is 0 Å². The summed E-state index contributed by atoms with van der Waals surface area (Å²) in [6, 6.07) is 23.2. The highest BCUT2D eigenvalue weighted by Gasteiger charge is 2.21. The van der Waals surface area contributed by atoms with E-state index in [0.717, 1.165) is 5.56 Å². The molecule has 0 unspecified atom stereocenters. The van der Waals surface area contributed by atoms with Crippen LogP contribution in [0.4, 0.5) is 5.69 Å². The first-order valence-electron chi connectivity index (χ1n) is 11.7. The van der Waals surface area contributed by atoms with Gasteiger partial charge in [-0.05, 0) is 61.9 Å². The average molecular weight is 497 g/mol. The molecule has 1 heterocycles. The number of nitrogens with zero attached hydrogens (tertiary/aromatic N) is 2. The summed E-state index contributed by atoms with van der Waals surface area (Å²) >= 11 is 0.